The average Bonchev–Trinajstić information content (AvgIpc) is 4.02. The van der Waals surface area contributed by atoms with Gasteiger partial charge in [-0.05, 0) is 140 Å². The van der Waals surface area contributed by atoms with Crippen molar-refractivity contribution < 1.29 is 0 Å². The number of rotatable bonds is 9. The van der Waals surface area contributed by atoms with Gasteiger partial charge in [0.2, 0.25) is 0 Å². The molecule has 0 saturated heterocycles. The van der Waals surface area contributed by atoms with Crippen molar-refractivity contribution in [2.45, 2.75) is 0 Å². The summed E-state index contributed by atoms with van der Waals surface area (Å²) in [5.74, 6) is 0. The molecule has 0 aliphatic carbocycles. The molecule has 0 atom stereocenters. The lowest BCUT2D eigenvalue weighted by atomic mass is 9.97. The summed E-state index contributed by atoms with van der Waals surface area (Å²) in [5, 5.41) is 7.66. The van der Waals surface area contributed by atoms with Crippen LogP contribution in [0.15, 0.2) is 279 Å². The fraction of sp³-hybridized carbons (Fsp3) is 0. The van der Waals surface area contributed by atoms with Gasteiger partial charge in [-0.1, -0.05) is 200 Å². The minimum Gasteiger partial charge on any atom is -0.311 e. The summed E-state index contributed by atoms with van der Waals surface area (Å²) in [6, 6.07) is 102. The lowest BCUT2D eigenvalue weighted by Crippen LogP contribution is -2.09. The van der Waals surface area contributed by atoms with Crippen molar-refractivity contribution in [3.63, 3.8) is 0 Å². The highest BCUT2D eigenvalue weighted by Crippen LogP contribution is 2.43. The van der Waals surface area contributed by atoms with Crippen LogP contribution in [-0.4, -0.2) is 4.57 Å². The number of aromatic nitrogens is 1. The monoisotopic (exact) mass is 946 g/mol. The Morgan fingerprint density at radius 3 is 1.40 bits per heavy atom. The van der Waals surface area contributed by atoms with Crippen LogP contribution in [0, 0.1) is 0 Å². The van der Waals surface area contributed by atoms with E-state index in [1.54, 1.807) is 0 Å². The second-order valence-electron chi connectivity index (χ2n) is 18.9. The molecule has 0 aliphatic heterocycles. The molecule has 12 aromatic carbocycles. The summed E-state index contributed by atoms with van der Waals surface area (Å²) in [4.78, 5) is 2.37. The summed E-state index contributed by atoms with van der Waals surface area (Å²) in [6.07, 6.45) is 0. The highest BCUT2D eigenvalue weighted by atomic mass is 32.1. The molecule has 0 amide bonds. The van der Waals surface area contributed by atoms with E-state index in [1.807, 2.05) is 11.3 Å². The predicted octanol–water partition coefficient (Wildman–Crippen LogP) is 20.1. The number of thiophene rings is 1. The molecule has 2 nitrogen and oxygen atoms in total. The number of fused-ring (bicyclic) bond motifs is 7. The van der Waals surface area contributed by atoms with E-state index in [4.69, 9.17) is 0 Å². The van der Waals surface area contributed by atoms with Crippen molar-refractivity contribution in [2.75, 3.05) is 4.90 Å². The van der Waals surface area contributed by atoms with Crippen LogP contribution < -0.4 is 4.90 Å². The molecule has 0 aliphatic rings. The Kier molecular flexibility index (Phi) is 10.4. The predicted molar refractivity (Wildman–Crippen MR) is 313 cm³/mol. The summed E-state index contributed by atoms with van der Waals surface area (Å²) >= 11 is 1.86. The third kappa shape index (κ3) is 7.58. The van der Waals surface area contributed by atoms with Crippen LogP contribution in [0.4, 0.5) is 17.1 Å². The molecule has 0 spiro atoms. The van der Waals surface area contributed by atoms with Gasteiger partial charge in [-0.3, -0.25) is 0 Å². The Balaban J connectivity index is 0.804. The van der Waals surface area contributed by atoms with Crippen LogP contribution in [0.1, 0.15) is 0 Å². The molecule has 0 saturated carbocycles. The van der Waals surface area contributed by atoms with E-state index >= 15 is 0 Å². The third-order valence-electron chi connectivity index (χ3n) is 14.6. The second kappa shape index (κ2) is 17.8. The molecule has 2 aromatic heterocycles. The van der Waals surface area contributed by atoms with Crippen LogP contribution in [0.3, 0.4) is 0 Å². The highest BCUT2D eigenvalue weighted by molar-refractivity contribution is 7.25. The molecule has 14 aromatic rings. The molecule has 0 fully saturated rings. The zero-order chi connectivity index (χ0) is 48.2. The maximum absolute atomic E-state index is 2.41. The minimum absolute atomic E-state index is 1.09. The number of nitrogens with zero attached hydrogens (tertiary/aromatic N) is 2. The smallest absolute Gasteiger partial charge is 0.0541 e. The van der Waals surface area contributed by atoms with Crippen molar-refractivity contribution in [1.29, 1.82) is 0 Å². The second-order valence-corrected chi connectivity index (χ2v) is 19.9. The quantitative estimate of drug-likeness (QED) is 0.140. The van der Waals surface area contributed by atoms with Gasteiger partial charge in [0.25, 0.3) is 0 Å². The highest BCUT2D eigenvalue weighted by Gasteiger charge is 2.18. The first-order chi connectivity index (χ1) is 36.2. The molecule has 0 radical (unpaired) electrons. The molecular formula is C70H46N2S. The molecular weight excluding hydrogens is 901 g/mol. The summed E-state index contributed by atoms with van der Waals surface area (Å²) in [6.45, 7) is 0. The third-order valence-corrected chi connectivity index (χ3v) is 15.8. The Hall–Kier alpha value is -9.28. The Morgan fingerprint density at radius 2 is 0.712 bits per heavy atom. The van der Waals surface area contributed by atoms with E-state index in [0.717, 1.165) is 17.1 Å². The lowest BCUT2D eigenvalue weighted by Gasteiger charge is -2.26. The van der Waals surface area contributed by atoms with Gasteiger partial charge >= 0.3 is 0 Å². The Bertz CT molecular complexity index is 4300. The minimum atomic E-state index is 1.09. The number of anilines is 3. The van der Waals surface area contributed by atoms with Crippen molar-refractivity contribution in [3.8, 4) is 61.3 Å². The SMILES string of the molecule is c1cc(-c2ccc(N(c3ccc(-c4ccc(-c5ccccc5-n5c6ccccc6c6ccccc65)cc4)cc3)c3ccc(-c4cccc5sc6ccccc6c45)cc3)cc2)cc(-c2ccc3ccccc3c2)c1. The zero-order valence-corrected chi connectivity index (χ0v) is 40.7. The van der Waals surface area contributed by atoms with Crippen LogP contribution in [-0.2, 0) is 0 Å². The van der Waals surface area contributed by atoms with Gasteiger partial charge in [0.05, 0.1) is 16.7 Å². The standard InChI is InChI=1S/C70H46N2S/c1-2-14-53-46-56(32-29-47(53)13-1)55-16-11-15-54(45-55)50-35-41-58(42-36-50)71(59-43-37-52(38-44-59)61-21-12-26-69-70(61)64-20-6-10-25-68(64)73-69)57-39-33-49(34-40-57)48-27-30-51(31-28-48)60-17-3-7-22-65(60)72-66-23-8-4-18-62(66)63-19-5-9-24-67(63)72/h1-46H. The largest absolute Gasteiger partial charge is 0.311 e. The molecule has 0 bridgehead atoms. The fourth-order valence-corrected chi connectivity index (χ4v) is 12.2. The van der Waals surface area contributed by atoms with Crippen molar-refractivity contribution in [3.05, 3.63) is 279 Å². The first-order valence-corrected chi connectivity index (χ1v) is 25.8. The molecule has 2 heterocycles. The Labute approximate surface area is 428 Å². The van der Waals surface area contributed by atoms with Gasteiger partial charge in [0, 0.05) is 53.6 Å². The van der Waals surface area contributed by atoms with Crippen LogP contribution in [0.5, 0.6) is 0 Å². The summed E-state index contributed by atoms with van der Waals surface area (Å²) in [7, 11) is 0. The van der Waals surface area contributed by atoms with E-state index in [-0.39, 0.29) is 0 Å². The van der Waals surface area contributed by atoms with E-state index in [2.05, 4.69) is 289 Å². The first-order valence-electron chi connectivity index (χ1n) is 25.0. The number of hydrogen-bond acceptors (Lipinski definition) is 2. The summed E-state index contributed by atoms with van der Waals surface area (Å²) < 4.78 is 5.04. The van der Waals surface area contributed by atoms with Crippen LogP contribution in [0.25, 0.3) is 114 Å². The van der Waals surface area contributed by atoms with E-state index in [1.165, 1.54) is 114 Å². The molecule has 14 rings (SSSR count). The van der Waals surface area contributed by atoms with Gasteiger partial charge in [-0.15, -0.1) is 11.3 Å². The van der Waals surface area contributed by atoms with E-state index in [0.29, 0.717) is 0 Å². The van der Waals surface area contributed by atoms with Gasteiger partial charge < -0.3 is 9.47 Å². The average molecular weight is 947 g/mol. The maximum atomic E-state index is 2.41. The molecule has 3 heteroatoms. The van der Waals surface area contributed by atoms with Gasteiger partial charge in [0.1, 0.15) is 0 Å². The molecule has 0 N–H and O–H groups in total. The maximum Gasteiger partial charge on any atom is 0.0541 e. The normalized spacial score (nSPS) is 11.6. The lowest BCUT2D eigenvalue weighted by molar-refractivity contribution is 1.18. The first kappa shape index (κ1) is 42.6. The van der Waals surface area contributed by atoms with Gasteiger partial charge in [0.15, 0.2) is 0 Å². The van der Waals surface area contributed by atoms with Crippen molar-refractivity contribution >= 4 is 81.1 Å². The molecule has 0 unspecified atom stereocenters. The van der Waals surface area contributed by atoms with Crippen molar-refractivity contribution in [1.82, 2.24) is 4.57 Å². The number of para-hydroxylation sites is 3. The number of benzene rings is 12. The van der Waals surface area contributed by atoms with Gasteiger partial charge in [-0.2, -0.15) is 0 Å². The van der Waals surface area contributed by atoms with E-state index < -0.39 is 0 Å². The number of hydrogen-bond donors (Lipinski definition) is 0. The van der Waals surface area contributed by atoms with Crippen LogP contribution >= 0.6 is 11.3 Å². The summed E-state index contributed by atoms with van der Waals surface area (Å²) in [5.41, 5.74) is 18.8. The topological polar surface area (TPSA) is 8.17 Å². The fourth-order valence-electron chi connectivity index (χ4n) is 11.0. The molecule has 73 heavy (non-hydrogen) atoms. The van der Waals surface area contributed by atoms with Gasteiger partial charge in [-0.25, -0.2) is 0 Å². The van der Waals surface area contributed by atoms with Crippen molar-refractivity contribution in [2.24, 2.45) is 0 Å². The van der Waals surface area contributed by atoms with Crippen LogP contribution in [0.2, 0.25) is 0 Å². The van der Waals surface area contributed by atoms with E-state index in [9.17, 15) is 0 Å². The Morgan fingerprint density at radius 1 is 0.274 bits per heavy atom. The zero-order valence-electron chi connectivity index (χ0n) is 39.9. The molecule has 342 valence electrons.